The highest BCUT2D eigenvalue weighted by Crippen LogP contribution is 2.59. The predicted octanol–water partition coefficient (Wildman–Crippen LogP) is 11.9. The van der Waals surface area contributed by atoms with Crippen molar-refractivity contribution in [3.63, 3.8) is 0 Å². The molecule has 2 heteroatoms. The molecule has 0 fully saturated rings. The van der Waals surface area contributed by atoms with Crippen molar-refractivity contribution in [2.75, 3.05) is 0 Å². The Bertz CT molecular complexity index is 2620. The molecular weight excluding hydrogens is 605 g/mol. The van der Waals surface area contributed by atoms with Crippen molar-refractivity contribution < 1.29 is 0 Å². The normalized spacial score (nSPS) is 13.0. The summed E-state index contributed by atoms with van der Waals surface area (Å²) < 4.78 is 2.43. The van der Waals surface area contributed by atoms with Crippen LogP contribution in [0.4, 0.5) is 0 Å². The summed E-state index contributed by atoms with van der Waals surface area (Å²) in [5, 5.41) is 2.49. The third-order valence-electron chi connectivity index (χ3n) is 10.5. The zero-order valence-corrected chi connectivity index (χ0v) is 27.4. The van der Waals surface area contributed by atoms with Gasteiger partial charge in [0.05, 0.1) is 22.1 Å². The number of hydrogen-bond donors (Lipinski definition) is 0. The summed E-state index contributed by atoms with van der Waals surface area (Å²) in [5.74, 6) is 0. The molecule has 0 unspecified atom stereocenters. The van der Waals surface area contributed by atoms with E-state index in [4.69, 9.17) is 4.98 Å². The largest absolute Gasteiger partial charge is 0.309 e. The minimum Gasteiger partial charge on any atom is -0.309 e. The molecule has 9 aromatic rings. The molecule has 1 aliphatic carbocycles. The van der Waals surface area contributed by atoms with Gasteiger partial charge >= 0.3 is 0 Å². The Morgan fingerprint density at radius 2 is 1.04 bits per heavy atom. The SMILES string of the molecule is c1ccc(-c2ccc(-c3ccc4c(c3)c3c5c(ccc3n4-c3ccccc3)-c3ccccc3C5(c3ccccc3)c3ccccc3)nc2)cc1. The lowest BCUT2D eigenvalue weighted by Gasteiger charge is -2.34. The zero-order valence-electron chi connectivity index (χ0n) is 27.4. The Kier molecular flexibility index (Phi) is 6.43. The van der Waals surface area contributed by atoms with E-state index in [-0.39, 0.29) is 0 Å². The maximum atomic E-state index is 5.00. The van der Waals surface area contributed by atoms with Crippen LogP contribution >= 0.6 is 0 Å². The first-order valence-electron chi connectivity index (χ1n) is 17.2. The molecule has 1 aliphatic rings. The molecule has 0 bridgehead atoms. The first kappa shape index (κ1) is 28.5. The van der Waals surface area contributed by atoms with Crippen molar-refractivity contribution in [2.45, 2.75) is 5.41 Å². The molecule has 0 spiro atoms. The molecule has 0 radical (unpaired) electrons. The number of hydrogen-bond acceptors (Lipinski definition) is 1. The number of fused-ring (bicyclic) bond motifs is 7. The molecule has 50 heavy (non-hydrogen) atoms. The van der Waals surface area contributed by atoms with E-state index in [1.807, 2.05) is 12.3 Å². The van der Waals surface area contributed by atoms with Crippen LogP contribution in [-0.4, -0.2) is 9.55 Å². The topological polar surface area (TPSA) is 17.8 Å². The van der Waals surface area contributed by atoms with Crippen LogP contribution < -0.4 is 0 Å². The summed E-state index contributed by atoms with van der Waals surface area (Å²) in [6, 6.07) is 68.3. The van der Waals surface area contributed by atoms with Gasteiger partial charge in [-0.05, 0) is 75.3 Å². The zero-order chi connectivity index (χ0) is 33.1. The maximum Gasteiger partial charge on any atom is 0.0720 e. The first-order chi connectivity index (χ1) is 24.8. The van der Waals surface area contributed by atoms with E-state index in [0.717, 1.165) is 22.5 Å². The molecule has 0 N–H and O–H groups in total. The van der Waals surface area contributed by atoms with Crippen LogP contribution in [0.3, 0.4) is 0 Å². The number of aromatic nitrogens is 2. The van der Waals surface area contributed by atoms with Gasteiger partial charge in [0, 0.05) is 33.8 Å². The quantitative estimate of drug-likeness (QED) is 0.184. The summed E-state index contributed by atoms with van der Waals surface area (Å²) in [7, 11) is 0. The van der Waals surface area contributed by atoms with E-state index in [1.54, 1.807) is 0 Å². The lowest BCUT2D eigenvalue weighted by atomic mass is 9.67. The van der Waals surface area contributed by atoms with Crippen LogP contribution in [0.5, 0.6) is 0 Å². The number of rotatable bonds is 5. The summed E-state index contributed by atoms with van der Waals surface area (Å²) in [6.07, 6.45) is 1.99. The van der Waals surface area contributed by atoms with Gasteiger partial charge in [-0.3, -0.25) is 4.98 Å². The van der Waals surface area contributed by atoms with Gasteiger partial charge in [0.2, 0.25) is 0 Å². The Morgan fingerprint density at radius 1 is 0.440 bits per heavy atom. The Balaban J connectivity index is 1.33. The Labute approximate surface area is 291 Å². The molecule has 0 saturated heterocycles. The fourth-order valence-corrected chi connectivity index (χ4v) is 8.43. The third-order valence-corrected chi connectivity index (χ3v) is 10.5. The average Bonchev–Trinajstić information content (AvgIpc) is 3.70. The summed E-state index contributed by atoms with van der Waals surface area (Å²) in [5.41, 5.74) is 15.1. The van der Waals surface area contributed by atoms with Crippen molar-refractivity contribution in [3.8, 4) is 39.2 Å². The van der Waals surface area contributed by atoms with Crippen molar-refractivity contribution in [1.82, 2.24) is 9.55 Å². The van der Waals surface area contributed by atoms with Crippen molar-refractivity contribution in [2.24, 2.45) is 0 Å². The lowest BCUT2D eigenvalue weighted by molar-refractivity contribution is 0.776. The van der Waals surface area contributed by atoms with E-state index in [9.17, 15) is 0 Å². The second-order valence-electron chi connectivity index (χ2n) is 13.1. The minimum atomic E-state index is -0.519. The number of para-hydroxylation sites is 1. The van der Waals surface area contributed by atoms with Crippen LogP contribution in [0, 0.1) is 0 Å². The Hall–Kier alpha value is -6.51. The molecular formula is C48H32N2. The van der Waals surface area contributed by atoms with Gasteiger partial charge in [0.15, 0.2) is 0 Å². The van der Waals surface area contributed by atoms with Crippen LogP contribution in [0.25, 0.3) is 61.0 Å². The fraction of sp³-hybridized carbons (Fsp3) is 0.0208. The summed E-state index contributed by atoms with van der Waals surface area (Å²) >= 11 is 0. The Morgan fingerprint density at radius 3 is 1.72 bits per heavy atom. The minimum absolute atomic E-state index is 0.519. The molecule has 2 nitrogen and oxygen atoms in total. The number of benzene rings is 7. The van der Waals surface area contributed by atoms with Gasteiger partial charge in [-0.2, -0.15) is 0 Å². The molecule has 234 valence electrons. The van der Waals surface area contributed by atoms with Gasteiger partial charge in [0.25, 0.3) is 0 Å². The average molecular weight is 637 g/mol. The van der Waals surface area contributed by atoms with E-state index in [2.05, 4.69) is 187 Å². The lowest BCUT2D eigenvalue weighted by Crippen LogP contribution is -2.28. The highest BCUT2D eigenvalue weighted by Gasteiger charge is 2.47. The van der Waals surface area contributed by atoms with Gasteiger partial charge in [0.1, 0.15) is 0 Å². The first-order valence-corrected chi connectivity index (χ1v) is 17.2. The molecule has 2 heterocycles. The van der Waals surface area contributed by atoms with Crippen LogP contribution in [0.15, 0.2) is 194 Å². The fourth-order valence-electron chi connectivity index (χ4n) is 8.43. The van der Waals surface area contributed by atoms with Crippen molar-refractivity contribution in [3.05, 3.63) is 217 Å². The predicted molar refractivity (Wildman–Crippen MR) is 207 cm³/mol. The molecule has 0 aliphatic heterocycles. The van der Waals surface area contributed by atoms with E-state index in [0.29, 0.717) is 0 Å². The molecule has 7 aromatic carbocycles. The molecule has 0 amide bonds. The number of pyridine rings is 1. The second kappa shape index (κ2) is 11.3. The highest BCUT2D eigenvalue weighted by molar-refractivity contribution is 6.16. The van der Waals surface area contributed by atoms with Gasteiger partial charge in [-0.25, -0.2) is 0 Å². The number of nitrogens with zero attached hydrogens (tertiary/aromatic N) is 2. The van der Waals surface area contributed by atoms with Gasteiger partial charge < -0.3 is 4.57 Å². The van der Waals surface area contributed by atoms with Crippen LogP contribution in [-0.2, 0) is 5.41 Å². The smallest absolute Gasteiger partial charge is 0.0720 e. The van der Waals surface area contributed by atoms with Crippen molar-refractivity contribution in [1.29, 1.82) is 0 Å². The molecule has 10 rings (SSSR count). The summed E-state index contributed by atoms with van der Waals surface area (Å²) in [6.45, 7) is 0. The van der Waals surface area contributed by atoms with E-state index in [1.165, 1.54) is 60.8 Å². The van der Waals surface area contributed by atoms with Crippen LogP contribution in [0.1, 0.15) is 22.3 Å². The molecule has 2 aromatic heterocycles. The van der Waals surface area contributed by atoms with E-state index < -0.39 is 5.41 Å². The monoisotopic (exact) mass is 636 g/mol. The second-order valence-corrected chi connectivity index (χ2v) is 13.1. The standard InChI is InChI=1S/C48H32N2/c1-5-15-33(16-6-1)35-25-28-43(49-32-35)34-26-29-44-41(31-34)46-45(50(44)38-21-11-4-12-22-38)30-27-40-39-23-13-14-24-42(39)48(47(40)46,36-17-7-2-8-18-36)37-19-9-3-10-20-37/h1-32H. The van der Waals surface area contributed by atoms with Crippen molar-refractivity contribution >= 4 is 21.8 Å². The highest BCUT2D eigenvalue weighted by atomic mass is 15.0. The van der Waals surface area contributed by atoms with Crippen LogP contribution in [0.2, 0.25) is 0 Å². The molecule has 0 saturated carbocycles. The van der Waals surface area contributed by atoms with E-state index >= 15 is 0 Å². The van der Waals surface area contributed by atoms with Gasteiger partial charge in [-0.15, -0.1) is 0 Å². The molecule has 0 atom stereocenters. The third kappa shape index (κ3) is 4.12. The summed E-state index contributed by atoms with van der Waals surface area (Å²) in [4.78, 5) is 5.00. The van der Waals surface area contributed by atoms with Gasteiger partial charge in [-0.1, -0.05) is 152 Å². The maximum absolute atomic E-state index is 5.00.